The van der Waals surface area contributed by atoms with E-state index in [2.05, 4.69) is 5.32 Å². The van der Waals surface area contributed by atoms with E-state index < -0.39 is 0 Å². The van der Waals surface area contributed by atoms with Gasteiger partial charge in [-0.15, -0.1) is 0 Å². The van der Waals surface area contributed by atoms with Crippen LogP contribution in [0.1, 0.15) is 35.0 Å². The molecular formula is C20H27N2O5+. The lowest BCUT2D eigenvalue weighted by molar-refractivity contribution is -0.919. The molecule has 0 saturated carbocycles. The van der Waals surface area contributed by atoms with Crippen molar-refractivity contribution in [3.05, 3.63) is 41.9 Å². The van der Waals surface area contributed by atoms with Gasteiger partial charge in [-0.05, 0) is 24.3 Å². The van der Waals surface area contributed by atoms with E-state index in [1.54, 1.807) is 25.5 Å². The quantitative estimate of drug-likeness (QED) is 0.731. The number of carbonyl (C=O) groups excluding carboxylic acids is 1. The third-order valence-electron chi connectivity index (χ3n) is 5.04. The monoisotopic (exact) mass is 375 g/mol. The summed E-state index contributed by atoms with van der Waals surface area (Å²) >= 11 is 0. The highest BCUT2D eigenvalue weighted by Crippen LogP contribution is 2.39. The molecule has 2 aromatic rings. The fourth-order valence-corrected chi connectivity index (χ4v) is 3.68. The van der Waals surface area contributed by atoms with Crippen molar-refractivity contribution in [3.8, 4) is 17.2 Å². The van der Waals surface area contributed by atoms with Crippen LogP contribution in [-0.4, -0.2) is 46.9 Å². The molecular weight excluding hydrogens is 348 g/mol. The van der Waals surface area contributed by atoms with Crippen molar-refractivity contribution < 1.29 is 28.3 Å². The van der Waals surface area contributed by atoms with Gasteiger partial charge in [0.05, 0.1) is 52.8 Å². The lowest BCUT2D eigenvalue weighted by atomic mass is 10.1. The Hall–Kier alpha value is -2.67. The minimum absolute atomic E-state index is 0.0950. The Kier molecular flexibility index (Phi) is 6.24. The molecule has 2 heterocycles. The topological polar surface area (TPSA) is 74.4 Å². The van der Waals surface area contributed by atoms with Crippen molar-refractivity contribution in [1.82, 2.24) is 5.32 Å². The fourth-order valence-electron chi connectivity index (χ4n) is 3.68. The summed E-state index contributed by atoms with van der Waals surface area (Å²) < 4.78 is 21.7. The second kappa shape index (κ2) is 8.81. The minimum Gasteiger partial charge on any atom is -0.493 e. The molecule has 1 amide bonds. The smallest absolute Gasteiger partial charge is 0.255 e. The Morgan fingerprint density at radius 2 is 1.85 bits per heavy atom. The van der Waals surface area contributed by atoms with Crippen LogP contribution in [0.25, 0.3) is 0 Å². The number of hydrogen-bond donors (Lipinski definition) is 2. The summed E-state index contributed by atoms with van der Waals surface area (Å²) in [5, 5.41) is 3.03. The number of carbonyl (C=O) groups is 1. The highest BCUT2D eigenvalue weighted by Gasteiger charge is 2.30. The first-order valence-electron chi connectivity index (χ1n) is 9.14. The number of hydrogen-bond acceptors (Lipinski definition) is 5. The van der Waals surface area contributed by atoms with Crippen LogP contribution in [0, 0.1) is 0 Å². The van der Waals surface area contributed by atoms with Crippen LogP contribution in [-0.2, 0) is 0 Å². The molecule has 1 aromatic carbocycles. The molecule has 1 aliphatic rings. The number of furan rings is 1. The highest BCUT2D eigenvalue weighted by molar-refractivity contribution is 5.98. The maximum atomic E-state index is 12.9. The van der Waals surface area contributed by atoms with Crippen molar-refractivity contribution >= 4 is 5.91 Å². The number of ether oxygens (including phenoxy) is 3. The van der Waals surface area contributed by atoms with Crippen molar-refractivity contribution in [2.75, 3.05) is 41.0 Å². The zero-order valence-corrected chi connectivity index (χ0v) is 16.0. The van der Waals surface area contributed by atoms with Gasteiger partial charge in [0, 0.05) is 12.8 Å². The average Bonchev–Trinajstić information content (AvgIpc) is 3.41. The van der Waals surface area contributed by atoms with E-state index in [-0.39, 0.29) is 11.9 Å². The first kappa shape index (κ1) is 19.1. The molecule has 1 aromatic heterocycles. The minimum atomic E-state index is -0.219. The van der Waals surface area contributed by atoms with Crippen LogP contribution >= 0.6 is 0 Å². The second-order valence-corrected chi connectivity index (χ2v) is 6.53. The summed E-state index contributed by atoms with van der Waals surface area (Å²) in [7, 11) is 4.57. The molecule has 3 rings (SSSR count). The SMILES string of the molecule is COc1ccc(C(=O)NC[C@H](c2ccco2)[NH+]2CCCC2)c(OC)c1OC. The van der Waals surface area contributed by atoms with E-state index in [4.69, 9.17) is 18.6 Å². The molecule has 1 saturated heterocycles. The summed E-state index contributed by atoms with van der Waals surface area (Å²) in [6.45, 7) is 2.65. The van der Waals surface area contributed by atoms with Gasteiger partial charge in [0.15, 0.2) is 23.3 Å². The van der Waals surface area contributed by atoms with E-state index in [9.17, 15) is 4.79 Å². The maximum absolute atomic E-state index is 12.9. The lowest BCUT2D eigenvalue weighted by Gasteiger charge is -2.23. The number of benzene rings is 1. The third-order valence-corrected chi connectivity index (χ3v) is 5.04. The van der Waals surface area contributed by atoms with Crippen LogP contribution < -0.4 is 24.4 Å². The van der Waals surface area contributed by atoms with Gasteiger partial charge in [-0.25, -0.2) is 0 Å². The van der Waals surface area contributed by atoms with E-state index in [1.807, 2.05) is 12.1 Å². The molecule has 0 radical (unpaired) electrons. The lowest BCUT2D eigenvalue weighted by Crippen LogP contribution is -3.11. The van der Waals surface area contributed by atoms with Crippen LogP contribution in [0.3, 0.4) is 0 Å². The van der Waals surface area contributed by atoms with Gasteiger partial charge in [-0.1, -0.05) is 0 Å². The first-order valence-corrected chi connectivity index (χ1v) is 9.14. The third kappa shape index (κ3) is 4.03. The van der Waals surface area contributed by atoms with Crippen LogP contribution in [0.15, 0.2) is 34.9 Å². The summed E-state index contributed by atoms with van der Waals surface area (Å²) in [6, 6.07) is 7.33. The molecule has 1 aliphatic heterocycles. The number of rotatable bonds is 8. The van der Waals surface area contributed by atoms with Gasteiger partial charge in [0.2, 0.25) is 5.75 Å². The van der Waals surface area contributed by atoms with E-state index in [0.717, 1.165) is 18.8 Å². The van der Waals surface area contributed by atoms with E-state index >= 15 is 0 Å². The van der Waals surface area contributed by atoms with Gasteiger partial charge in [0.25, 0.3) is 5.91 Å². The number of quaternary nitrogens is 1. The summed E-state index contributed by atoms with van der Waals surface area (Å²) in [5.74, 6) is 1.95. The normalized spacial score (nSPS) is 15.4. The van der Waals surface area contributed by atoms with Gasteiger partial charge in [-0.3, -0.25) is 4.79 Å². The molecule has 1 atom stereocenters. The highest BCUT2D eigenvalue weighted by atomic mass is 16.5. The first-order chi connectivity index (χ1) is 13.2. The molecule has 7 nitrogen and oxygen atoms in total. The Bertz CT molecular complexity index is 754. The average molecular weight is 375 g/mol. The number of nitrogens with one attached hydrogen (secondary N) is 2. The van der Waals surface area contributed by atoms with Crippen molar-refractivity contribution in [2.24, 2.45) is 0 Å². The molecule has 27 heavy (non-hydrogen) atoms. The molecule has 1 fully saturated rings. The summed E-state index contributed by atoms with van der Waals surface area (Å²) in [5.41, 5.74) is 0.407. The molecule has 146 valence electrons. The number of methoxy groups -OCH3 is 3. The fraction of sp³-hybridized carbons (Fsp3) is 0.450. The molecule has 0 spiro atoms. The summed E-state index contributed by atoms with van der Waals surface area (Å²) in [6.07, 6.45) is 4.07. The second-order valence-electron chi connectivity index (χ2n) is 6.53. The standard InChI is InChI=1S/C20H26N2O5/c1-24-17-9-8-14(18(25-2)19(17)26-3)20(23)21-13-15(16-7-6-12-27-16)22-10-4-5-11-22/h6-9,12,15H,4-5,10-11,13H2,1-3H3,(H,21,23)/p+1/t15-/m1/s1. The van der Waals surface area contributed by atoms with Crippen LogP contribution in [0.4, 0.5) is 0 Å². The van der Waals surface area contributed by atoms with Crippen molar-refractivity contribution in [2.45, 2.75) is 18.9 Å². The number of likely N-dealkylation sites (tertiary alicyclic amines) is 1. The van der Waals surface area contributed by atoms with Gasteiger partial charge < -0.3 is 28.8 Å². The van der Waals surface area contributed by atoms with Gasteiger partial charge in [0.1, 0.15) is 0 Å². The van der Waals surface area contributed by atoms with Crippen molar-refractivity contribution in [1.29, 1.82) is 0 Å². The molecule has 0 aliphatic carbocycles. The largest absolute Gasteiger partial charge is 0.493 e. The van der Waals surface area contributed by atoms with Gasteiger partial charge >= 0.3 is 0 Å². The Labute approximate surface area is 159 Å². The Morgan fingerprint density at radius 3 is 2.44 bits per heavy atom. The maximum Gasteiger partial charge on any atom is 0.255 e. The Morgan fingerprint density at radius 1 is 1.11 bits per heavy atom. The molecule has 0 bridgehead atoms. The predicted molar refractivity (Wildman–Crippen MR) is 99.8 cm³/mol. The number of amides is 1. The molecule has 0 unspecified atom stereocenters. The van der Waals surface area contributed by atoms with Gasteiger partial charge in [-0.2, -0.15) is 0 Å². The van der Waals surface area contributed by atoms with Crippen LogP contribution in [0.2, 0.25) is 0 Å². The van der Waals surface area contributed by atoms with Crippen molar-refractivity contribution in [3.63, 3.8) is 0 Å². The zero-order valence-electron chi connectivity index (χ0n) is 16.0. The van der Waals surface area contributed by atoms with E-state index in [1.165, 1.54) is 32.0 Å². The molecule has 7 heteroatoms. The molecule has 2 N–H and O–H groups in total. The van der Waals surface area contributed by atoms with E-state index in [0.29, 0.717) is 29.4 Å². The summed E-state index contributed by atoms with van der Waals surface area (Å²) in [4.78, 5) is 14.3. The Balaban J connectivity index is 1.78. The predicted octanol–water partition coefficient (Wildman–Crippen LogP) is 1.46. The zero-order chi connectivity index (χ0) is 19.2. The van der Waals surface area contributed by atoms with Crippen LogP contribution in [0.5, 0.6) is 17.2 Å².